The van der Waals surface area contributed by atoms with E-state index in [9.17, 15) is 23.3 Å². The Kier molecular flexibility index (Phi) is 6.07. The number of nitro groups is 1. The third-order valence-corrected chi connectivity index (χ3v) is 6.03. The number of carbonyl (C=O) groups is 1. The Morgan fingerprint density at radius 3 is 2.13 bits per heavy atom. The molecule has 9 heteroatoms. The van der Waals surface area contributed by atoms with Gasteiger partial charge in [0.15, 0.2) is 0 Å². The smallest absolute Gasteiger partial charge is 0.270 e. The molecule has 0 aliphatic rings. The van der Waals surface area contributed by atoms with E-state index in [0.29, 0.717) is 5.56 Å². The van der Waals surface area contributed by atoms with Crippen LogP contribution in [0.4, 0.5) is 17.1 Å². The number of nitro benzene ring substituents is 1. The van der Waals surface area contributed by atoms with Crippen molar-refractivity contribution < 1.29 is 18.1 Å². The minimum atomic E-state index is -4.02. The quantitative estimate of drug-likeness (QED) is 0.431. The van der Waals surface area contributed by atoms with E-state index in [1.54, 1.807) is 0 Å². The van der Waals surface area contributed by atoms with Crippen molar-refractivity contribution >= 4 is 33.0 Å². The van der Waals surface area contributed by atoms with Gasteiger partial charge in [0.2, 0.25) is 0 Å². The van der Waals surface area contributed by atoms with Crippen molar-refractivity contribution in [3.05, 3.63) is 93.0 Å². The number of hydrogen-bond donors (Lipinski definition) is 2. The average Bonchev–Trinajstić information content (AvgIpc) is 2.71. The Labute approximate surface area is 180 Å². The Morgan fingerprint density at radius 2 is 1.55 bits per heavy atom. The highest BCUT2D eigenvalue weighted by Crippen LogP contribution is 2.24. The summed E-state index contributed by atoms with van der Waals surface area (Å²) in [7, 11) is -4.02. The maximum absolute atomic E-state index is 12.6. The van der Waals surface area contributed by atoms with Gasteiger partial charge in [-0.05, 0) is 62.2 Å². The zero-order valence-corrected chi connectivity index (χ0v) is 18.0. The molecule has 0 bridgehead atoms. The highest BCUT2D eigenvalue weighted by Gasteiger charge is 2.18. The minimum absolute atomic E-state index is 0.228. The second-order valence-corrected chi connectivity index (χ2v) is 8.85. The van der Waals surface area contributed by atoms with Gasteiger partial charge < -0.3 is 5.32 Å². The van der Waals surface area contributed by atoms with E-state index in [2.05, 4.69) is 10.0 Å². The number of amides is 1. The molecular weight excluding hydrogens is 418 g/mol. The van der Waals surface area contributed by atoms with Gasteiger partial charge in [0.1, 0.15) is 0 Å². The molecule has 0 unspecified atom stereocenters. The van der Waals surface area contributed by atoms with Gasteiger partial charge in [-0.1, -0.05) is 23.8 Å². The monoisotopic (exact) mass is 439 g/mol. The molecule has 0 aliphatic heterocycles. The van der Waals surface area contributed by atoms with E-state index in [1.165, 1.54) is 42.5 Å². The van der Waals surface area contributed by atoms with Gasteiger partial charge in [0, 0.05) is 29.1 Å². The molecule has 0 atom stereocenters. The summed E-state index contributed by atoms with van der Waals surface area (Å²) in [6, 6.07) is 14.6. The maximum atomic E-state index is 12.6. The highest BCUT2D eigenvalue weighted by atomic mass is 32.2. The van der Waals surface area contributed by atoms with Crippen LogP contribution >= 0.6 is 0 Å². The summed E-state index contributed by atoms with van der Waals surface area (Å²) in [6.45, 7) is 5.82. The molecule has 0 saturated heterocycles. The van der Waals surface area contributed by atoms with Crippen LogP contribution in [0.5, 0.6) is 0 Å². The summed E-state index contributed by atoms with van der Waals surface area (Å²) in [4.78, 5) is 22.6. The summed E-state index contributed by atoms with van der Waals surface area (Å²) in [6.07, 6.45) is 0. The summed E-state index contributed by atoms with van der Waals surface area (Å²) in [5.74, 6) is -0.317. The van der Waals surface area contributed by atoms with Crippen molar-refractivity contribution in [1.82, 2.24) is 0 Å². The fraction of sp³-hybridized carbons (Fsp3) is 0.136. The Bertz CT molecular complexity index is 1250. The molecule has 0 heterocycles. The van der Waals surface area contributed by atoms with E-state index in [1.807, 2.05) is 32.9 Å². The van der Waals surface area contributed by atoms with Crippen molar-refractivity contribution in [2.75, 3.05) is 10.0 Å². The van der Waals surface area contributed by atoms with Gasteiger partial charge in [0.05, 0.1) is 9.82 Å². The van der Waals surface area contributed by atoms with Gasteiger partial charge >= 0.3 is 0 Å². The first-order valence-electron chi connectivity index (χ1n) is 9.33. The largest absolute Gasteiger partial charge is 0.322 e. The summed E-state index contributed by atoms with van der Waals surface area (Å²) >= 11 is 0. The second-order valence-electron chi connectivity index (χ2n) is 7.17. The average molecular weight is 439 g/mol. The van der Waals surface area contributed by atoms with E-state index in [0.717, 1.165) is 28.4 Å². The number of rotatable bonds is 6. The number of nitrogens with one attached hydrogen (secondary N) is 2. The van der Waals surface area contributed by atoms with Crippen LogP contribution in [-0.4, -0.2) is 19.2 Å². The maximum Gasteiger partial charge on any atom is 0.270 e. The molecule has 2 N–H and O–H groups in total. The normalized spacial score (nSPS) is 11.1. The van der Waals surface area contributed by atoms with Gasteiger partial charge in [-0.3, -0.25) is 19.6 Å². The zero-order chi connectivity index (χ0) is 22.8. The minimum Gasteiger partial charge on any atom is -0.322 e. The number of sulfonamides is 1. The number of hydrogen-bond acceptors (Lipinski definition) is 5. The number of nitrogens with zero attached hydrogens (tertiary/aromatic N) is 1. The number of carbonyl (C=O) groups excluding carboxylic acids is 1. The number of non-ortho nitro benzene ring substituents is 1. The van der Waals surface area contributed by atoms with E-state index < -0.39 is 14.9 Å². The molecule has 8 nitrogen and oxygen atoms in total. The third kappa shape index (κ3) is 5.07. The number of anilines is 2. The van der Waals surface area contributed by atoms with E-state index >= 15 is 0 Å². The molecule has 31 heavy (non-hydrogen) atoms. The van der Waals surface area contributed by atoms with E-state index in [-0.39, 0.29) is 22.2 Å². The predicted octanol–water partition coefficient (Wildman–Crippen LogP) is 4.57. The van der Waals surface area contributed by atoms with Crippen LogP contribution in [0.25, 0.3) is 0 Å². The van der Waals surface area contributed by atoms with Gasteiger partial charge in [-0.15, -0.1) is 0 Å². The fourth-order valence-electron chi connectivity index (χ4n) is 3.23. The SMILES string of the molecule is Cc1cc(C)c(NC(=O)c2ccc(NS(=O)(=O)c3cccc([N+](=O)[O-])c3)cc2)c(C)c1. The molecule has 0 aliphatic carbocycles. The zero-order valence-electron chi connectivity index (χ0n) is 17.2. The molecule has 160 valence electrons. The van der Waals surface area contributed by atoms with E-state index in [4.69, 9.17) is 0 Å². The van der Waals surface area contributed by atoms with Crippen LogP contribution in [0, 0.1) is 30.9 Å². The van der Waals surface area contributed by atoms with Crippen LogP contribution in [-0.2, 0) is 10.0 Å². The van der Waals surface area contributed by atoms with Crippen molar-refractivity contribution in [3.8, 4) is 0 Å². The first-order valence-corrected chi connectivity index (χ1v) is 10.8. The topological polar surface area (TPSA) is 118 Å². The lowest BCUT2D eigenvalue weighted by molar-refractivity contribution is -0.385. The van der Waals surface area contributed by atoms with Crippen molar-refractivity contribution in [3.63, 3.8) is 0 Å². The Morgan fingerprint density at radius 1 is 0.935 bits per heavy atom. The summed E-state index contributed by atoms with van der Waals surface area (Å²) in [5.41, 5.74) is 4.01. The van der Waals surface area contributed by atoms with Crippen LogP contribution < -0.4 is 10.0 Å². The molecule has 3 aromatic carbocycles. The lowest BCUT2D eigenvalue weighted by Crippen LogP contribution is -2.15. The molecule has 0 radical (unpaired) electrons. The highest BCUT2D eigenvalue weighted by molar-refractivity contribution is 7.92. The number of aryl methyl sites for hydroxylation is 3. The molecule has 3 rings (SSSR count). The fourth-order valence-corrected chi connectivity index (χ4v) is 4.33. The lowest BCUT2D eigenvalue weighted by atomic mass is 10.0. The van der Waals surface area contributed by atoms with Gasteiger partial charge in [-0.2, -0.15) is 0 Å². The third-order valence-electron chi connectivity index (χ3n) is 4.65. The lowest BCUT2D eigenvalue weighted by Gasteiger charge is -2.13. The Balaban J connectivity index is 1.76. The molecule has 3 aromatic rings. The predicted molar refractivity (Wildman–Crippen MR) is 119 cm³/mol. The summed E-state index contributed by atoms with van der Waals surface area (Å²) < 4.78 is 27.4. The van der Waals surface area contributed by atoms with Crippen molar-refractivity contribution in [1.29, 1.82) is 0 Å². The Hall–Kier alpha value is -3.72. The molecule has 1 amide bonds. The van der Waals surface area contributed by atoms with Crippen LogP contribution in [0.2, 0.25) is 0 Å². The standard InChI is InChI=1S/C22H21N3O5S/c1-14-11-15(2)21(16(3)12-14)23-22(26)17-7-9-18(10-8-17)24-31(29,30)20-6-4-5-19(13-20)25(27)28/h4-13,24H,1-3H3,(H,23,26). The van der Waals surface area contributed by atoms with Gasteiger partial charge in [-0.25, -0.2) is 8.42 Å². The van der Waals surface area contributed by atoms with Crippen molar-refractivity contribution in [2.45, 2.75) is 25.7 Å². The molecule has 0 fully saturated rings. The van der Waals surface area contributed by atoms with Gasteiger partial charge in [0.25, 0.3) is 21.6 Å². The first kappa shape index (κ1) is 22.0. The van der Waals surface area contributed by atoms with Crippen LogP contribution in [0.15, 0.2) is 65.6 Å². The number of benzene rings is 3. The van der Waals surface area contributed by atoms with Crippen LogP contribution in [0.1, 0.15) is 27.0 Å². The molecule has 0 aromatic heterocycles. The first-order chi connectivity index (χ1) is 14.6. The summed E-state index contributed by atoms with van der Waals surface area (Å²) in [5, 5.41) is 13.8. The molecular formula is C22H21N3O5S. The second kappa shape index (κ2) is 8.57. The molecule has 0 saturated carbocycles. The van der Waals surface area contributed by atoms with Crippen LogP contribution in [0.3, 0.4) is 0 Å². The molecule has 0 spiro atoms. The van der Waals surface area contributed by atoms with Crippen molar-refractivity contribution in [2.24, 2.45) is 0 Å².